The molecular weight excluding hydrogens is 288 g/mol. The van der Waals surface area contributed by atoms with Gasteiger partial charge in [0.1, 0.15) is 12.3 Å². The van der Waals surface area contributed by atoms with E-state index in [1.54, 1.807) is 7.11 Å². The van der Waals surface area contributed by atoms with E-state index in [9.17, 15) is 4.79 Å². The van der Waals surface area contributed by atoms with Gasteiger partial charge in [0.15, 0.2) is 0 Å². The first-order valence-corrected chi connectivity index (χ1v) is 7.70. The first-order valence-electron chi connectivity index (χ1n) is 7.70. The van der Waals surface area contributed by atoms with Crippen LogP contribution in [0.3, 0.4) is 0 Å². The second-order valence-corrected chi connectivity index (χ2v) is 5.43. The molecule has 0 radical (unpaired) electrons. The van der Waals surface area contributed by atoms with Crippen LogP contribution in [0.25, 0.3) is 10.9 Å². The molecule has 1 aromatic heterocycles. The third-order valence-corrected chi connectivity index (χ3v) is 3.86. The maximum atomic E-state index is 12.2. The van der Waals surface area contributed by atoms with Gasteiger partial charge in [-0.2, -0.15) is 0 Å². The van der Waals surface area contributed by atoms with Crippen molar-refractivity contribution in [2.75, 3.05) is 13.7 Å². The number of carbonyl (C=O) groups is 1. The average molecular weight is 308 g/mol. The highest BCUT2D eigenvalue weighted by molar-refractivity contribution is 5.87. The Kier molecular flexibility index (Phi) is 4.62. The van der Waals surface area contributed by atoms with Crippen LogP contribution in [0.2, 0.25) is 0 Å². The summed E-state index contributed by atoms with van der Waals surface area (Å²) in [5.41, 5.74) is 2.18. The molecule has 1 heterocycles. The number of hydrogen-bond donors (Lipinski definition) is 1. The van der Waals surface area contributed by atoms with Gasteiger partial charge in [0.05, 0.1) is 12.6 Å². The van der Waals surface area contributed by atoms with Gasteiger partial charge < -0.3 is 14.6 Å². The second kappa shape index (κ2) is 7.01. The van der Waals surface area contributed by atoms with Crippen molar-refractivity contribution >= 4 is 16.8 Å². The second-order valence-electron chi connectivity index (χ2n) is 5.43. The van der Waals surface area contributed by atoms with Crippen LogP contribution >= 0.6 is 0 Å². The standard InChI is InChI=1S/C19H20N2O2/c1-23-17-9-5-8-16-11-13-21(19(16)17)14-18(22)20-12-10-15-6-3-2-4-7-15/h2-9,11,13H,10,12,14H2,1H3,(H,20,22). The van der Waals surface area contributed by atoms with Gasteiger partial charge in [0.25, 0.3) is 0 Å². The lowest BCUT2D eigenvalue weighted by Crippen LogP contribution is -2.29. The number of amides is 1. The van der Waals surface area contributed by atoms with E-state index in [-0.39, 0.29) is 5.91 Å². The number of nitrogens with zero attached hydrogens (tertiary/aromatic N) is 1. The van der Waals surface area contributed by atoms with Gasteiger partial charge >= 0.3 is 0 Å². The molecule has 4 heteroatoms. The lowest BCUT2D eigenvalue weighted by atomic mass is 10.1. The Morgan fingerprint density at radius 1 is 1.09 bits per heavy atom. The molecule has 1 amide bonds. The van der Waals surface area contributed by atoms with Crippen molar-refractivity contribution in [3.63, 3.8) is 0 Å². The van der Waals surface area contributed by atoms with Gasteiger partial charge in [-0.3, -0.25) is 4.79 Å². The monoisotopic (exact) mass is 308 g/mol. The van der Waals surface area contributed by atoms with Crippen LogP contribution in [0.4, 0.5) is 0 Å². The van der Waals surface area contributed by atoms with Crippen molar-refractivity contribution in [2.24, 2.45) is 0 Å². The quantitative estimate of drug-likeness (QED) is 0.760. The molecule has 3 rings (SSSR count). The molecule has 0 aliphatic rings. The Balaban J connectivity index is 1.62. The zero-order valence-corrected chi connectivity index (χ0v) is 13.2. The van der Waals surface area contributed by atoms with E-state index in [0.29, 0.717) is 13.1 Å². The zero-order chi connectivity index (χ0) is 16.1. The van der Waals surface area contributed by atoms with Gasteiger partial charge in [0, 0.05) is 18.1 Å². The minimum atomic E-state index is 0.00402. The molecule has 4 nitrogen and oxygen atoms in total. The molecule has 0 atom stereocenters. The number of nitrogens with one attached hydrogen (secondary N) is 1. The number of fused-ring (bicyclic) bond motifs is 1. The Labute approximate surface area is 135 Å². The number of carbonyl (C=O) groups excluding carboxylic acids is 1. The van der Waals surface area contributed by atoms with Crippen molar-refractivity contribution in [1.82, 2.24) is 9.88 Å². The molecule has 0 unspecified atom stereocenters. The highest BCUT2D eigenvalue weighted by atomic mass is 16.5. The Bertz CT molecular complexity index is 793. The fraction of sp³-hybridized carbons (Fsp3) is 0.211. The number of rotatable bonds is 6. The van der Waals surface area contributed by atoms with Crippen LogP contribution < -0.4 is 10.1 Å². The first kappa shape index (κ1) is 15.2. The number of aromatic nitrogens is 1. The van der Waals surface area contributed by atoms with Crippen molar-refractivity contribution in [3.05, 3.63) is 66.4 Å². The van der Waals surface area contributed by atoms with Crippen molar-refractivity contribution in [2.45, 2.75) is 13.0 Å². The van der Waals surface area contributed by atoms with E-state index in [1.165, 1.54) is 5.56 Å². The number of hydrogen-bond acceptors (Lipinski definition) is 2. The van der Waals surface area contributed by atoms with Crippen molar-refractivity contribution in [3.8, 4) is 5.75 Å². The van der Waals surface area contributed by atoms with Gasteiger partial charge in [-0.15, -0.1) is 0 Å². The number of para-hydroxylation sites is 1. The average Bonchev–Trinajstić information content (AvgIpc) is 2.99. The Hall–Kier alpha value is -2.75. The first-order chi connectivity index (χ1) is 11.3. The maximum absolute atomic E-state index is 12.2. The van der Waals surface area contributed by atoms with Crippen molar-refractivity contribution in [1.29, 1.82) is 0 Å². The van der Waals surface area contributed by atoms with Crippen LogP contribution in [0.15, 0.2) is 60.8 Å². The highest BCUT2D eigenvalue weighted by Crippen LogP contribution is 2.26. The molecule has 118 valence electrons. The van der Waals surface area contributed by atoms with Crippen LogP contribution in [-0.2, 0) is 17.8 Å². The SMILES string of the molecule is COc1cccc2ccn(CC(=O)NCCc3ccccc3)c12. The lowest BCUT2D eigenvalue weighted by molar-refractivity contribution is -0.121. The predicted molar refractivity (Wildman–Crippen MR) is 91.6 cm³/mol. The molecule has 1 N–H and O–H groups in total. The van der Waals surface area contributed by atoms with Crippen LogP contribution in [0.5, 0.6) is 5.75 Å². The zero-order valence-electron chi connectivity index (χ0n) is 13.2. The third kappa shape index (κ3) is 3.54. The van der Waals surface area contributed by atoms with E-state index in [0.717, 1.165) is 23.1 Å². The van der Waals surface area contributed by atoms with Crippen LogP contribution in [0.1, 0.15) is 5.56 Å². The predicted octanol–water partition coefficient (Wildman–Crippen LogP) is 3.01. The fourth-order valence-electron chi connectivity index (χ4n) is 2.72. The van der Waals surface area contributed by atoms with Gasteiger partial charge in [0.2, 0.25) is 5.91 Å². The summed E-state index contributed by atoms with van der Waals surface area (Å²) in [7, 11) is 1.64. The summed E-state index contributed by atoms with van der Waals surface area (Å²) in [5.74, 6) is 0.786. The lowest BCUT2D eigenvalue weighted by Gasteiger charge is -2.10. The molecule has 3 aromatic rings. The normalized spacial score (nSPS) is 10.7. The molecule has 0 aliphatic heterocycles. The minimum absolute atomic E-state index is 0.00402. The number of methoxy groups -OCH3 is 1. The van der Waals surface area contributed by atoms with Gasteiger partial charge in [-0.05, 0) is 24.1 Å². The van der Waals surface area contributed by atoms with E-state index >= 15 is 0 Å². The minimum Gasteiger partial charge on any atom is -0.495 e. The van der Waals surface area contributed by atoms with Crippen molar-refractivity contribution < 1.29 is 9.53 Å². The van der Waals surface area contributed by atoms with E-state index in [1.807, 2.05) is 53.2 Å². The molecular formula is C19H20N2O2. The molecule has 0 saturated carbocycles. The van der Waals surface area contributed by atoms with E-state index in [4.69, 9.17) is 4.74 Å². The summed E-state index contributed by atoms with van der Waals surface area (Å²) in [6, 6.07) is 18.0. The van der Waals surface area contributed by atoms with Gasteiger partial charge in [-0.1, -0.05) is 42.5 Å². The fourth-order valence-corrected chi connectivity index (χ4v) is 2.72. The number of ether oxygens (including phenoxy) is 1. The molecule has 23 heavy (non-hydrogen) atoms. The molecule has 0 spiro atoms. The summed E-state index contributed by atoms with van der Waals surface area (Å²) in [4.78, 5) is 12.2. The summed E-state index contributed by atoms with van der Waals surface area (Å²) in [5, 5.41) is 4.04. The molecule has 0 fully saturated rings. The Morgan fingerprint density at radius 3 is 2.70 bits per heavy atom. The van der Waals surface area contributed by atoms with E-state index < -0.39 is 0 Å². The Morgan fingerprint density at radius 2 is 1.91 bits per heavy atom. The smallest absolute Gasteiger partial charge is 0.239 e. The van der Waals surface area contributed by atoms with Crippen LogP contribution in [0, 0.1) is 0 Å². The van der Waals surface area contributed by atoms with Gasteiger partial charge in [-0.25, -0.2) is 0 Å². The third-order valence-electron chi connectivity index (χ3n) is 3.86. The highest BCUT2D eigenvalue weighted by Gasteiger charge is 2.09. The largest absolute Gasteiger partial charge is 0.495 e. The summed E-state index contributed by atoms with van der Waals surface area (Å²) in [6.07, 6.45) is 2.76. The number of benzene rings is 2. The molecule has 0 aliphatic carbocycles. The molecule has 0 bridgehead atoms. The summed E-state index contributed by atoms with van der Waals surface area (Å²) in [6.45, 7) is 0.928. The molecule has 2 aromatic carbocycles. The summed E-state index contributed by atoms with van der Waals surface area (Å²) >= 11 is 0. The summed E-state index contributed by atoms with van der Waals surface area (Å²) < 4.78 is 7.32. The topological polar surface area (TPSA) is 43.3 Å². The van der Waals surface area contributed by atoms with E-state index in [2.05, 4.69) is 17.4 Å². The maximum Gasteiger partial charge on any atom is 0.239 e. The molecule has 0 saturated heterocycles. The van der Waals surface area contributed by atoms with Crippen LogP contribution in [-0.4, -0.2) is 24.1 Å².